The SMILES string of the molecule is CCCCCc1ccc(N2CCN(S(=O)(=O)C3(C(=O)NOC4CCCCO4)CCN(C(=O)C(F)(F)F)CC3)CC2)cc1. The van der Waals surface area contributed by atoms with Crippen LogP contribution in [0.1, 0.15) is 63.9 Å². The third-order valence-electron chi connectivity index (χ3n) is 8.38. The van der Waals surface area contributed by atoms with Gasteiger partial charge in [-0.25, -0.2) is 18.7 Å². The van der Waals surface area contributed by atoms with Crippen molar-refractivity contribution in [2.24, 2.45) is 0 Å². The number of hydrogen-bond acceptors (Lipinski definition) is 7. The number of piperazine rings is 1. The van der Waals surface area contributed by atoms with Crippen LogP contribution >= 0.6 is 0 Å². The van der Waals surface area contributed by atoms with Crippen molar-refractivity contribution in [2.45, 2.75) is 81.9 Å². The number of anilines is 1. The van der Waals surface area contributed by atoms with Crippen molar-refractivity contribution in [3.8, 4) is 0 Å². The van der Waals surface area contributed by atoms with Crippen LogP contribution in [0.3, 0.4) is 0 Å². The minimum Gasteiger partial charge on any atom is -0.369 e. The molecule has 4 rings (SSSR count). The van der Waals surface area contributed by atoms with Gasteiger partial charge in [0.2, 0.25) is 10.0 Å². The number of piperidine rings is 1. The molecule has 1 atom stereocenters. The van der Waals surface area contributed by atoms with E-state index in [9.17, 15) is 31.2 Å². The summed E-state index contributed by atoms with van der Waals surface area (Å²) in [5, 5.41) is 0. The number of likely N-dealkylation sites (tertiary alicyclic amines) is 1. The fourth-order valence-electron chi connectivity index (χ4n) is 5.76. The average molecular weight is 619 g/mol. The van der Waals surface area contributed by atoms with Crippen LogP contribution < -0.4 is 10.4 Å². The van der Waals surface area contributed by atoms with Gasteiger partial charge < -0.3 is 14.5 Å². The van der Waals surface area contributed by atoms with E-state index in [1.54, 1.807) is 0 Å². The van der Waals surface area contributed by atoms with Crippen LogP contribution in [0, 0.1) is 0 Å². The highest BCUT2D eigenvalue weighted by molar-refractivity contribution is 7.91. The maximum absolute atomic E-state index is 14.1. The molecule has 14 heteroatoms. The molecule has 2 amide bonds. The number of nitrogens with one attached hydrogen (secondary N) is 1. The van der Waals surface area contributed by atoms with Crippen molar-refractivity contribution in [3.05, 3.63) is 29.8 Å². The quantitative estimate of drug-likeness (QED) is 0.317. The molecule has 1 N–H and O–H groups in total. The van der Waals surface area contributed by atoms with Crippen molar-refractivity contribution in [3.63, 3.8) is 0 Å². The van der Waals surface area contributed by atoms with Crippen LogP contribution in [-0.2, 0) is 35.6 Å². The molecule has 0 bridgehead atoms. The van der Waals surface area contributed by atoms with Gasteiger partial charge in [-0.15, -0.1) is 0 Å². The van der Waals surface area contributed by atoms with Crippen molar-refractivity contribution in [1.29, 1.82) is 0 Å². The van der Waals surface area contributed by atoms with Gasteiger partial charge >= 0.3 is 12.1 Å². The van der Waals surface area contributed by atoms with E-state index >= 15 is 0 Å². The molecule has 236 valence electrons. The van der Waals surface area contributed by atoms with Crippen LogP contribution in [-0.4, -0.2) is 92.5 Å². The van der Waals surface area contributed by atoms with Crippen LogP contribution in [0.25, 0.3) is 0 Å². The summed E-state index contributed by atoms with van der Waals surface area (Å²) >= 11 is 0. The Hall–Kier alpha value is -2.42. The van der Waals surface area contributed by atoms with E-state index < -0.39 is 65.0 Å². The normalized spacial score (nSPS) is 22.1. The van der Waals surface area contributed by atoms with Gasteiger partial charge in [0.05, 0.1) is 0 Å². The Labute approximate surface area is 245 Å². The maximum Gasteiger partial charge on any atom is 0.471 e. The molecule has 0 radical (unpaired) electrons. The maximum atomic E-state index is 14.1. The number of alkyl halides is 3. The smallest absolute Gasteiger partial charge is 0.369 e. The highest BCUT2D eigenvalue weighted by Gasteiger charge is 2.57. The number of hydrogen-bond donors (Lipinski definition) is 1. The average Bonchev–Trinajstić information content (AvgIpc) is 3.00. The molecule has 0 aliphatic carbocycles. The van der Waals surface area contributed by atoms with Crippen molar-refractivity contribution in [2.75, 3.05) is 50.8 Å². The fraction of sp³-hybridized carbons (Fsp3) is 0.714. The van der Waals surface area contributed by atoms with Crippen LogP contribution in [0.15, 0.2) is 24.3 Å². The Bertz CT molecular complexity index is 1160. The Balaban J connectivity index is 1.45. The fourth-order valence-corrected chi connectivity index (χ4v) is 7.87. The third-order valence-corrected chi connectivity index (χ3v) is 11.0. The molecule has 1 unspecified atom stereocenters. The molecule has 0 spiro atoms. The number of rotatable bonds is 10. The van der Waals surface area contributed by atoms with Crippen molar-refractivity contribution >= 4 is 27.5 Å². The number of halogens is 3. The molecule has 42 heavy (non-hydrogen) atoms. The highest BCUT2D eigenvalue weighted by Crippen LogP contribution is 2.36. The largest absolute Gasteiger partial charge is 0.471 e. The number of nitrogens with zero attached hydrogens (tertiary/aromatic N) is 3. The minimum absolute atomic E-state index is 0.105. The Morgan fingerprint density at radius 1 is 1.02 bits per heavy atom. The lowest BCUT2D eigenvalue weighted by Crippen LogP contribution is -2.64. The van der Waals surface area contributed by atoms with E-state index in [2.05, 4.69) is 29.4 Å². The van der Waals surface area contributed by atoms with Gasteiger partial charge in [0.1, 0.15) is 0 Å². The molecule has 3 heterocycles. The zero-order chi connectivity index (χ0) is 30.4. The molecule has 1 aromatic carbocycles. The predicted molar refractivity (Wildman–Crippen MR) is 150 cm³/mol. The monoisotopic (exact) mass is 618 g/mol. The van der Waals surface area contributed by atoms with E-state index in [0.717, 1.165) is 37.8 Å². The van der Waals surface area contributed by atoms with E-state index in [-0.39, 0.29) is 13.1 Å². The number of benzene rings is 1. The van der Waals surface area contributed by atoms with Crippen molar-refractivity contribution < 1.29 is 40.8 Å². The number of unbranched alkanes of at least 4 members (excludes halogenated alkanes) is 2. The molecule has 3 fully saturated rings. The van der Waals surface area contributed by atoms with Gasteiger partial charge in [-0.3, -0.25) is 9.59 Å². The number of sulfonamides is 1. The molecular weight excluding hydrogens is 577 g/mol. The summed E-state index contributed by atoms with van der Waals surface area (Å²) in [6.07, 6.45) is -0.188. The van der Waals surface area contributed by atoms with Gasteiger partial charge in [0.25, 0.3) is 5.91 Å². The van der Waals surface area contributed by atoms with Crippen LogP contribution in [0.2, 0.25) is 0 Å². The molecule has 3 aliphatic rings. The molecule has 1 aromatic rings. The second-order valence-corrected chi connectivity index (χ2v) is 13.4. The standard InChI is InChI=1S/C28H41F3N4O6S/c1-2-3-4-7-22-9-11-23(12-10-22)33-17-19-35(20-18-33)42(38,39)27(25(36)32-41-24-8-5-6-21-40-24)13-15-34(16-14-27)26(37)28(29,30)31/h9-12,24H,2-8,13-21H2,1H3,(H,32,36). The summed E-state index contributed by atoms with van der Waals surface area (Å²) in [5.41, 5.74) is 4.45. The lowest BCUT2D eigenvalue weighted by Gasteiger charge is -2.44. The molecule has 3 aliphatic heterocycles. The summed E-state index contributed by atoms with van der Waals surface area (Å²) < 4.78 is 71.9. The van der Waals surface area contributed by atoms with E-state index in [0.29, 0.717) is 31.0 Å². The number of carbonyl (C=O) groups is 2. The van der Waals surface area contributed by atoms with Gasteiger partial charge in [0.15, 0.2) is 11.0 Å². The number of ether oxygens (including phenoxy) is 1. The van der Waals surface area contributed by atoms with Crippen LogP contribution in [0.4, 0.5) is 18.9 Å². The first-order valence-electron chi connectivity index (χ1n) is 14.8. The lowest BCUT2D eigenvalue weighted by atomic mass is 9.94. The number of carbonyl (C=O) groups excluding carboxylic acids is 2. The summed E-state index contributed by atoms with van der Waals surface area (Å²) in [4.78, 5) is 33.3. The first kappa shape index (κ1) is 32.5. The van der Waals surface area contributed by atoms with Crippen LogP contribution in [0.5, 0.6) is 0 Å². The predicted octanol–water partition coefficient (Wildman–Crippen LogP) is 3.37. The second-order valence-electron chi connectivity index (χ2n) is 11.1. The first-order valence-corrected chi connectivity index (χ1v) is 16.2. The lowest BCUT2D eigenvalue weighted by molar-refractivity contribution is -0.202. The zero-order valence-electron chi connectivity index (χ0n) is 24.0. The number of hydroxylamine groups is 1. The Morgan fingerprint density at radius 2 is 1.69 bits per heavy atom. The molecule has 10 nitrogen and oxygen atoms in total. The Morgan fingerprint density at radius 3 is 2.26 bits per heavy atom. The second kappa shape index (κ2) is 13.9. The molecule has 0 saturated carbocycles. The van der Waals surface area contributed by atoms with Gasteiger partial charge in [-0.2, -0.15) is 17.5 Å². The van der Waals surface area contributed by atoms with Gasteiger partial charge in [0, 0.05) is 58.0 Å². The summed E-state index contributed by atoms with van der Waals surface area (Å²) in [6, 6.07) is 8.22. The van der Waals surface area contributed by atoms with E-state index in [1.807, 2.05) is 12.1 Å². The zero-order valence-corrected chi connectivity index (χ0v) is 24.9. The molecular formula is C28H41F3N4O6S. The van der Waals surface area contributed by atoms with Crippen molar-refractivity contribution in [1.82, 2.24) is 14.7 Å². The summed E-state index contributed by atoms with van der Waals surface area (Å²) in [5.74, 6) is -3.01. The number of amides is 2. The molecule has 0 aromatic heterocycles. The topological polar surface area (TPSA) is 108 Å². The first-order chi connectivity index (χ1) is 20.0. The summed E-state index contributed by atoms with van der Waals surface area (Å²) in [7, 11) is -4.35. The van der Waals surface area contributed by atoms with Gasteiger partial charge in [-0.05, 0) is 56.2 Å². The minimum atomic E-state index is -5.09. The summed E-state index contributed by atoms with van der Waals surface area (Å²) in [6.45, 7) is 2.51. The third kappa shape index (κ3) is 7.37. The molecule has 3 saturated heterocycles. The number of aryl methyl sites for hydroxylation is 1. The Kier molecular flexibility index (Phi) is 10.8. The van der Waals surface area contributed by atoms with Gasteiger partial charge in [-0.1, -0.05) is 31.9 Å². The van der Waals surface area contributed by atoms with E-state index in [4.69, 9.17) is 9.57 Å². The highest BCUT2D eigenvalue weighted by atomic mass is 32.2. The van der Waals surface area contributed by atoms with E-state index in [1.165, 1.54) is 16.3 Å².